The van der Waals surface area contributed by atoms with E-state index in [-0.39, 0.29) is 10.8 Å². The number of anilines is 1. The molecule has 0 aliphatic rings. The van der Waals surface area contributed by atoms with Crippen LogP contribution in [0.1, 0.15) is 11.3 Å². The van der Waals surface area contributed by atoms with Gasteiger partial charge in [-0.1, -0.05) is 6.07 Å². The van der Waals surface area contributed by atoms with Gasteiger partial charge in [-0.05, 0) is 24.6 Å². The van der Waals surface area contributed by atoms with Gasteiger partial charge in [-0.25, -0.2) is 13.1 Å². The minimum atomic E-state index is -3.51. The lowest BCUT2D eigenvalue weighted by Gasteiger charge is -2.06. The molecule has 0 unspecified atom stereocenters. The van der Waals surface area contributed by atoms with Crippen LogP contribution in [0.15, 0.2) is 34.0 Å². The minimum absolute atomic E-state index is 0.173. The molecule has 0 fully saturated rings. The second kappa shape index (κ2) is 5.05. The fourth-order valence-electron chi connectivity index (χ4n) is 1.41. The molecule has 0 amide bonds. The van der Waals surface area contributed by atoms with Crippen molar-refractivity contribution in [3.8, 4) is 0 Å². The van der Waals surface area contributed by atoms with Gasteiger partial charge in [-0.3, -0.25) is 4.98 Å². The SMILES string of the molecule is Cc1cccnc1CNS(=O)(=O)c1cc(N)cs1. The Kier molecular flexibility index (Phi) is 3.65. The summed E-state index contributed by atoms with van der Waals surface area (Å²) < 4.78 is 26.6. The lowest BCUT2D eigenvalue weighted by Crippen LogP contribution is -2.23. The van der Waals surface area contributed by atoms with E-state index in [0.29, 0.717) is 11.4 Å². The summed E-state index contributed by atoms with van der Waals surface area (Å²) in [5.74, 6) is 0. The Labute approximate surface area is 110 Å². The van der Waals surface area contributed by atoms with E-state index < -0.39 is 10.0 Å². The first-order chi connectivity index (χ1) is 8.49. The molecule has 0 spiro atoms. The molecular formula is C11H13N3O2S2. The first-order valence-corrected chi connectivity index (χ1v) is 7.59. The predicted octanol–water partition coefficient (Wildman–Crippen LogP) is 1.51. The largest absolute Gasteiger partial charge is 0.398 e. The summed E-state index contributed by atoms with van der Waals surface area (Å²) in [7, 11) is -3.51. The van der Waals surface area contributed by atoms with Crippen LogP contribution in [0.5, 0.6) is 0 Å². The Morgan fingerprint density at radius 2 is 2.28 bits per heavy atom. The Bertz CT molecular complexity index is 650. The number of nitrogens with two attached hydrogens (primary N) is 1. The maximum Gasteiger partial charge on any atom is 0.250 e. The highest BCUT2D eigenvalue weighted by Crippen LogP contribution is 2.21. The summed E-state index contributed by atoms with van der Waals surface area (Å²) in [6.45, 7) is 2.06. The number of aromatic nitrogens is 1. The lowest BCUT2D eigenvalue weighted by atomic mass is 10.2. The van der Waals surface area contributed by atoms with Crippen molar-refractivity contribution in [3.63, 3.8) is 0 Å². The van der Waals surface area contributed by atoms with Crippen LogP contribution in [0.4, 0.5) is 5.69 Å². The van der Waals surface area contributed by atoms with Crippen LogP contribution < -0.4 is 10.5 Å². The van der Waals surface area contributed by atoms with Crippen LogP contribution in [-0.2, 0) is 16.6 Å². The number of hydrogen-bond donors (Lipinski definition) is 2. The molecule has 0 radical (unpaired) electrons. The molecule has 0 atom stereocenters. The summed E-state index contributed by atoms with van der Waals surface area (Å²) in [4.78, 5) is 4.13. The topological polar surface area (TPSA) is 85.1 Å². The van der Waals surface area contributed by atoms with E-state index >= 15 is 0 Å². The molecule has 2 aromatic heterocycles. The zero-order valence-electron chi connectivity index (χ0n) is 9.75. The van der Waals surface area contributed by atoms with Gasteiger partial charge in [0.05, 0.1) is 12.2 Å². The van der Waals surface area contributed by atoms with Crippen molar-refractivity contribution in [2.75, 3.05) is 5.73 Å². The van der Waals surface area contributed by atoms with Crippen molar-refractivity contribution in [1.82, 2.24) is 9.71 Å². The number of hydrogen-bond acceptors (Lipinski definition) is 5. The molecule has 18 heavy (non-hydrogen) atoms. The van der Waals surface area contributed by atoms with Crippen molar-refractivity contribution >= 4 is 27.0 Å². The van der Waals surface area contributed by atoms with Crippen molar-refractivity contribution in [3.05, 3.63) is 41.0 Å². The number of thiophene rings is 1. The van der Waals surface area contributed by atoms with E-state index in [1.54, 1.807) is 11.6 Å². The lowest BCUT2D eigenvalue weighted by molar-refractivity contribution is 0.582. The van der Waals surface area contributed by atoms with Crippen LogP contribution in [0.2, 0.25) is 0 Å². The summed E-state index contributed by atoms with van der Waals surface area (Å²) in [6.07, 6.45) is 1.64. The maximum atomic E-state index is 11.9. The van der Waals surface area contributed by atoms with E-state index in [9.17, 15) is 8.42 Å². The first kappa shape index (κ1) is 13.0. The van der Waals surface area contributed by atoms with Crippen LogP contribution in [-0.4, -0.2) is 13.4 Å². The Balaban J connectivity index is 2.13. The molecule has 7 heteroatoms. The minimum Gasteiger partial charge on any atom is -0.398 e. The first-order valence-electron chi connectivity index (χ1n) is 5.23. The number of nitrogens with zero attached hydrogens (tertiary/aromatic N) is 1. The average molecular weight is 283 g/mol. The van der Waals surface area contributed by atoms with Gasteiger partial charge in [0.15, 0.2) is 0 Å². The number of aryl methyl sites for hydroxylation is 1. The molecule has 0 aliphatic carbocycles. The van der Waals surface area contributed by atoms with Crippen molar-refractivity contribution in [1.29, 1.82) is 0 Å². The molecule has 96 valence electrons. The molecule has 2 heterocycles. The fraction of sp³-hybridized carbons (Fsp3) is 0.182. The summed E-state index contributed by atoms with van der Waals surface area (Å²) in [6, 6.07) is 5.14. The molecule has 0 bridgehead atoms. The highest BCUT2D eigenvalue weighted by Gasteiger charge is 2.16. The van der Waals surface area contributed by atoms with Gasteiger partial charge in [0.25, 0.3) is 0 Å². The Hall–Kier alpha value is -1.44. The highest BCUT2D eigenvalue weighted by molar-refractivity contribution is 7.91. The Morgan fingerprint density at radius 3 is 2.89 bits per heavy atom. The van der Waals surface area contributed by atoms with Gasteiger partial charge in [-0.2, -0.15) is 0 Å². The third kappa shape index (κ3) is 2.87. The molecular weight excluding hydrogens is 270 g/mol. The zero-order chi connectivity index (χ0) is 13.2. The third-order valence-electron chi connectivity index (χ3n) is 2.41. The number of nitrogens with one attached hydrogen (secondary N) is 1. The second-order valence-corrected chi connectivity index (χ2v) is 6.70. The number of pyridine rings is 1. The van der Waals surface area contributed by atoms with Crippen molar-refractivity contribution in [2.45, 2.75) is 17.7 Å². The smallest absolute Gasteiger partial charge is 0.250 e. The molecule has 5 nitrogen and oxygen atoms in total. The van der Waals surface area contributed by atoms with E-state index in [2.05, 4.69) is 9.71 Å². The van der Waals surface area contributed by atoms with Crippen LogP contribution in [0.3, 0.4) is 0 Å². The van der Waals surface area contributed by atoms with Crippen LogP contribution in [0.25, 0.3) is 0 Å². The highest BCUT2D eigenvalue weighted by atomic mass is 32.2. The molecule has 0 saturated heterocycles. The Morgan fingerprint density at radius 1 is 1.50 bits per heavy atom. The molecule has 3 N–H and O–H groups in total. The van der Waals surface area contributed by atoms with Gasteiger partial charge in [0, 0.05) is 17.3 Å². The maximum absolute atomic E-state index is 11.9. The molecule has 0 saturated carbocycles. The van der Waals surface area contributed by atoms with E-state index in [4.69, 9.17) is 5.73 Å². The normalized spacial score (nSPS) is 11.6. The van der Waals surface area contributed by atoms with E-state index in [1.807, 2.05) is 19.1 Å². The predicted molar refractivity (Wildman–Crippen MR) is 71.7 cm³/mol. The summed E-state index contributed by atoms with van der Waals surface area (Å²) in [5, 5.41) is 1.60. The summed E-state index contributed by atoms with van der Waals surface area (Å²) in [5.41, 5.74) is 7.63. The third-order valence-corrected chi connectivity index (χ3v) is 5.27. The molecule has 0 aliphatic heterocycles. The van der Waals surface area contributed by atoms with Gasteiger partial charge < -0.3 is 5.73 Å². The zero-order valence-corrected chi connectivity index (χ0v) is 11.4. The second-order valence-electron chi connectivity index (χ2n) is 3.79. The number of sulfonamides is 1. The van der Waals surface area contributed by atoms with E-state index in [0.717, 1.165) is 16.9 Å². The fourth-order valence-corrected chi connectivity index (χ4v) is 3.52. The number of rotatable bonds is 4. The van der Waals surface area contributed by atoms with Crippen molar-refractivity contribution < 1.29 is 8.42 Å². The van der Waals surface area contributed by atoms with Crippen LogP contribution >= 0.6 is 11.3 Å². The standard InChI is InChI=1S/C11H13N3O2S2/c1-8-3-2-4-13-10(8)6-14-18(15,16)11-5-9(12)7-17-11/h2-5,7,14H,6,12H2,1H3. The quantitative estimate of drug-likeness (QED) is 0.890. The molecule has 0 aromatic carbocycles. The molecule has 2 rings (SSSR count). The van der Waals surface area contributed by atoms with Gasteiger partial charge in [0.2, 0.25) is 10.0 Å². The summed E-state index contributed by atoms with van der Waals surface area (Å²) >= 11 is 1.10. The van der Waals surface area contributed by atoms with Gasteiger partial charge >= 0.3 is 0 Å². The van der Waals surface area contributed by atoms with Crippen LogP contribution in [0, 0.1) is 6.92 Å². The molecule has 2 aromatic rings. The number of nitrogen functional groups attached to an aromatic ring is 1. The van der Waals surface area contributed by atoms with E-state index in [1.165, 1.54) is 6.07 Å². The monoisotopic (exact) mass is 283 g/mol. The average Bonchev–Trinajstić information content (AvgIpc) is 2.76. The van der Waals surface area contributed by atoms with Gasteiger partial charge in [0.1, 0.15) is 4.21 Å². The van der Waals surface area contributed by atoms with Gasteiger partial charge in [-0.15, -0.1) is 11.3 Å². The van der Waals surface area contributed by atoms with Crippen molar-refractivity contribution in [2.24, 2.45) is 0 Å².